The van der Waals surface area contributed by atoms with Crippen LogP contribution in [0.4, 0.5) is 4.79 Å². The van der Waals surface area contributed by atoms with Gasteiger partial charge in [-0.1, -0.05) is 24.4 Å². The summed E-state index contributed by atoms with van der Waals surface area (Å²) in [6.45, 7) is 8.39. The van der Waals surface area contributed by atoms with Crippen LogP contribution >= 0.6 is 11.6 Å². The van der Waals surface area contributed by atoms with E-state index in [4.69, 9.17) is 16.3 Å². The maximum absolute atomic E-state index is 13.6. The van der Waals surface area contributed by atoms with E-state index >= 15 is 0 Å². The summed E-state index contributed by atoms with van der Waals surface area (Å²) in [5.41, 5.74) is 1.96. The number of ether oxygens (including phenoxy) is 1. The first-order chi connectivity index (χ1) is 16.2. The summed E-state index contributed by atoms with van der Waals surface area (Å²) in [4.78, 5) is 29.9. The predicted molar refractivity (Wildman–Crippen MR) is 133 cm³/mol. The van der Waals surface area contributed by atoms with E-state index < -0.39 is 5.60 Å². The first kappa shape index (κ1) is 24.6. The number of hydrogen-bond acceptors (Lipinski definition) is 4. The second kappa shape index (κ2) is 10.4. The molecule has 2 aromatic rings. The van der Waals surface area contributed by atoms with Crippen LogP contribution < -0.4 is 0 Å². The average molecular weight is 487 g/mol. The molecule has 2 aliphatic rings. The van der Waals surface area contributed by atoms with Gasteiger partial charge in [-0.2, -0.15) is 5.10 Å². The number of carbonyl (C=O) groups is 2. The third kappa shape index (κ3) is 5.74. The number of carbonyl (C=O) groups excluding carboxylic acids is 2. The molecule has 0 unspecified atom stereocenters. The Balaban J connectivity index is 1.60. The molecule has 1 aromatic heterocycles. The minimum Gasteiger partial charge on any atom is -0.444 e. The summed E-state index contributed by atoms with van der Waals surface area (Å²) >= 11 is 6.11. The fourth-order valence-electron chi connectivity index (χ4n) is 4.81. The molecule has 0 radical (unpaired) electrons. The van der Waals surface area contributed by atoms with Crippen molar-refractivity contribution in [2.24, 2.45) is 0 Å². The Bertz CT molecular complexity index is 996. The van der Waals surface area contributed by atoms with Gasteiger partial charge in [0.25, 0.3) is 5.91 Å². The van der Waals surface area contributed by atoms with E-state index in [1.807, 2.05) is 54.6 Å². The summed E-state index contributed by atoms with van der Waals surface area (Å²) in [6, 6.07) is 7.53. The number of piperidine rings is 1. The van der Waals surface area contributed by atoms with Crippen LogP contribution in [0.25, 0.3) is 5.69 Å². The molecule has 8 heteroatoms. The minimum absolute atomic E-state index is 0.0617. The first-order valence-corrected chi connectivity index (χ1v) is 12.7. The first-order valence-electron chi connectivity index (χ1n) is 12.3. The van der Waals surface area contributed by atoms with Crippen LogP contribution in [0.1, 0.15) is 81.3 Å². The molecular weight excluding hydrogens is 452 g/mol. The van der Waals surface area contributed by atoms with Gasteiger partial charge in [-0.15, -0.1) is 0 Å². The van der Waals surface area contributed by atoms with Gasteiger partial charge in [-0.05, 0) is 70.7 Å². The smallest absolute Gasteiger partial charge is 0.410 e. The number of likely N-dealkylation sites (tertiary alicyclic amines) is 2. The van der Waals surface area contributed by atoms with Gasteiger partial charge < -0.3 is 14.5 Å². The number of aromatic nitrogens is 2. The predicted octanol–water partition coefficient (Wildman–Crippen LogP) is 5.66. The summed E-state index contributed by atoms with van der Waals surface area (Å²) in [6.07, 6.45) is 7.36. The topological polar surface area (TPSA) is 67.7 Å². The van der Waals surface area contributed by atoms with Crippen LogP contribution in [0.15, 0.2) is 30.5 Å². The van der Waals surface area contributed by atoms with Crippen molar-refractivity contribution in [1.29, 1.82) is 0 Å². The second-order valence-electron chi connectivity index (χ2n) is 10.3. The molecule has 7 nitrogen and oxygen atoms in total. The molecule has 0 N–H and O–H groups in total. The largest absolute Gasteiger partial charge is 0.444 e. The quantitative estimate of drug-likeness (QED) is 0.561. The Kier molecular flexibility index (Phi) is 7.51. The summed E-state index contributed by atoms with van der Waals surface area (Å²) in [7, 11) is 0. The monoisotopic (exact) mass is 486 g/mol. The van der Waals surface area contributed by atoms with Crippen molar-refractivity contribution in [3.8, 4) is 5.69 Å². The molecule has 0 atom stereocenters. The van der Waals surface area contributed by atoms with E-state index in [0.29, 0.717) is 23.7 Å². The molecular formula is C26H35ClN4O3. The number of benzene rings is 1. The highest BCUT2D eigenvalue weighted by molar-refractivity contribution is 6.30. The Morgan fingerprint density at radius 3 is 2.15 bits per heavy atom. The van der Waals surface area contributed by atoms with Crippen LogP contribution in [0.2, 0.25) is 5.02 Å². The number of rotatable bonds is 3. The molecule has 0 bridgehead atoms. The average Bonchev–Trinajstić information content (AvgIpc) is 3.05. The highest BCUT2D eigenvalue weighted by Crippen LogP contribution is 2.33. The number of halogens is 1. The zero-order chi connectivity index (χ0) is 24.3. The Labute approximate surface area is 207 Å². The molecule has 34 heavy (non-hydrogen) atoms. The lowest BCUT2D eigenvalue weighted by atomic mass is 9.90. The normalized spacial score (nSPS) is 18.0. The van der Waals surface area contributed by atoms with Gasteiger partial charge in [-0.3, -0.25) is 4.79 Å². The number of amides is 2. The van der Waals surface area contributed by atoms with Crippen molar-refractivity contribution in [1.82, 2.24) is 19.6 Å². The van der Waals surface area contributed by atoms with Gasteiger partial charge in [0.1, 0.15) is 5.60 Å². The van der Waals surface area contributed by atoms with Crippen molar-refractivity contribution in [2.45, 2.75) is 70.8 Å². The zero-order valence-corrected chi connectivity index (χ0v) is 21.2. The van der Waals surface area contributed by atoms with Gasteiger partial charge in [0.2, 0.25) is 0 Å². The highest BCUT2D eigenvalue weighted by atomic mass is 35.5. The Hall–Kier alpha value is -2.54. The van der Waals surface area contributed by atoms with Crippen LogP contribution in [-0.2, 0) is 4.74 Å². The fourth-order valence-corrected chi connectivity index (χ4v) is 4.94. The lowest BCUT2D eigenvalue weighted by Gasteiger charge is -2.34. The highest BCUT2D eigenvalue weighted by Gasteiger charge is 2.33. The molecule has 4 rings (SSSR count). The Morgan fingerprint density at radius 1 is 0.941 bits per heavy atom. The second-order valence-corrected chi connectivity index (χ2v) is 10.7. The maximum Gasteiger partial charge on any atom is 0.410 e. The zero-order valence-electron chi connectivity index (χ0n) is 20.4. The molecule has 184 valence electrons. The third-order valence-electron chi connectivity index (χ3n) is 6.53. The van der Waals surface area contributed by atoms with Gasteiger partial charge in [0.15, 0.2) is 0 Å². The summed E-state index contributed by atoms with van der Waals surface area (Å²) in [5.74, 6) is 0.175. The SMILES string of the molecule is CC(C)(C)OC(=O)N1CCC(c2c(C(=O)N3CCCCCC3)cnn2-c2ccc(Cl)cc2)CC1. The molecule has 0 aliphatic carbocycles. The van der Waals surface area contributed by atoms with Gasteiger partial charge in [0.05, 0.1) is 23.1 Å². The molecule has 1 aromatic carbocycles. The van der Waals surface area contributed by atoms with E-state index in [2.05, 4.69) is 5.10 Å². The van der Waals surface area contributed by atoms with Crippen molar-refractivity contribution in [3.05, 3.63) is 46.7 Å². The van der Waals surface area contributed by atoms with E-state index in [1.54, 1.807) is 11.1 Å². The lowest BCUT2D eigenvalue weighted by molar-refractivity contribution is 0.0203. The van der Waals surface area contributed by atoms with Crippen molar-refractivity contribution >= 4 is 23.6 Å². The molecule has 0 saturated carbocycles. The minimum atomic E-state index is -0.520. The molecule has 2 fully saturated rings. The van der Waals surface area contributed by atoms with Crippen molar-refractivity contribution < 1.29 is 14.3 Å². The van der Waals surface area contributed by atoms with Crippen molar-refractivity contribution in [3.63, 3.8) is 0 Å². The van der Waals surface area contributed by atoms with Gasteiger partial charge >= 0.3 is 6.09 Å². The van der Waals surface area contributed by atoms with E-state index in [1.165, 1.54) is 12.8 Å². The molecule has 2 saturated heterocycles. The van der Waals surface area contributed by atoms with E-state index in [9.17, 15) is 9.59 Å². The van der Waals surface area contributed by atoms with Gasteiger partial charge in [0, 0.05) is 37.1 Å². The standard InChI is InChI=1S/C26H35ClN4O3/c1-26(2,3)34-25(33)30-16-12-19(13-17-30)23-22(24(32)29-14-6-4-5-7-15-29)18-28-31(23)21-10-8-20(27)9-11-21/h8-11,18-19H,4-7,12-17H2,1-3H3. The van der Waals surface area contributed by atoms with Crippen LogP contribution in [0, 0.1) is 0 Å². The van der Waals surface area contributed by atoms with E-state index in [-0.39, 0.29) is 17.9 Å². The van der Waals surface area contributed by atoms with Crippen molar-refractivity contribution in [2.75, 3.05) is 26.2 Å². The molecule has 2 amide bonds. The summed E-state index contributed by atoms with van der Waals surface area (Å²) in [5, 5.41) is 5.31. The van der Waals surface area contributed by atoms with Crippen LogP contribution in [0.3, 0.4) is 0 Å². The van der Waals surface area contributed by atoms with Crippen LogP contribution in [0.5, 0.6) is 0 Å². The Morgan fingerprint density at radius 2 is 1.56 bits per heavy atom. The number of hydrogen-bond donors (Lipinski definition) is 0. The molecule has 0 spiro atoms. The maximum atomic E-state index is 13.6. The molecule has 2 aliphatic heterocycles. The summed E-state index contributed by atoms with van der Waals surface area (Å²) < 4.78 is 7.44. The lowest BCUT2D eigenvalue weighted by Crippen LogP contribution is -2.41. The third-order valence-corrected chi connectivity index (χ3v) is 6.79. The molecule has 3 heterocycles. The number of nitrogens with zero attached hydrogens (tertiary/aromatic N) is 4. The van der Waals surface area contributed by atoms with Gasteiger partial charge in [-0.25, -0.2) is 9.48 Å². The fraction of sp³-hybridized carbons (Fsp3) is 0.577. The van der Waals surface area contributed by atoms with Crippen LogP contribution in [-0.4, -0.2) is 63.4 Å². The van der Waals surface area contributed by atoms with E-state index in [0.717, 1.165) is 50.2 Å².